The van der Waals surface area contributed by atoms with E-state index in [0.29, 0.717) is 18.0 Å². The lowest BCUT2D eigenvalue weighted by molar-refractivity contribution is 0.367. The summed E-state index contributed by atoms with van der Waals surface area (Å²) in [5.41, 5.74) is 7.43. The Hall–Kier alpha value is -2.14. The summed E-state index contributed by atoms with van der Waals surface area (Å²) in [6, 6.07) is 5.93. The zero-order valence-corrected chi connectivity index (χ0v) is 10.4. The second kappa shape index (κ2) is 5.46. The van der Waals surface area contributed by atoms with Gasteiger partial charge in [-0.05, 0) is 24.6 Å². The maximum Gasteiger partial charge on any atom is 0.322 e. The molecule has 5 heteroatoms. The molecule has 0 bridgehead atoms. The van der Waals surface area contributed by atoms with Crippen LogP contribution in [0, 0.1) is 6.92 Å². The van der Waals surface area contributed by atoms with E-state index in [1.807, 2.05) is 25.1 Å². The highest BCUT2D eigenvalue weighted by molar-refractivity contribution is 5.43. The molecule has 0 amide bonds. The minimum atomic E-state index is 0.273. The number of nitrogens with two attached hydrogens (primary N) is 1. The Bertz CT molecular complexity index is 526. The SMILES string of the molecule is COc1cc(C)ccc1Oc1ncc(CN)cn1. The molecule has 0 aliphatic heterocycles. The van der Waals surface area contributed by atoms with Crippen molar-refractivity contribution in [2.24, 2.45) is 5.73 Å². The van der Waals surface area contributed by atoms with Gasteiger partial charge in [0.2, 0.25) is 0 Å². The van der Waals surface area contributed by atoms with Crippen molar-refractivity contribution in [3.05, 3.63) is 41.7 Å². The fourth-order valence-electron chi connectivity index (χ4n) is 1.46. The lowest BCUT2D eigenvalue weighted by atomic mass is 10.2. The molecule has 0 radical (unpaired) electrons. The molecule has 94 valence electrons. The second-order valence-corrected chi connectivity index (χ2v) is 3.83. The molecule has 0 unspecified atom stereocenters. The molecule has 2 N–H and O–H groups in total. The fourth-order valence-corrected chi connectivity index (χ4v) is 1.46. The van der Waals surface area contributed by atoms with E-state index in [2.05, 4.69) is 9.97 Å². The largest absolute Gasteiger partial charge is 0.493 e. The maximum atomic E-state index is 5.57. The molecule has 5 nitrogen and oxygen atoms in total. The first kappa shape index (κ1) is 12.3. The third-order valence-corrected chi connectivity index (χ3v) is 2.44. The Morgan fingerprint density at radius 1 is 1.17 bits per heavy atom. The summed E-state index contributed by atoms with van der Waals surface area (Å²) in [6.07, 6.45) is 3.28. The average Bonchev–Trinajstić information content (AvgIpc) is 2.41. The van der Waals surface area contributed by atoms with Gasteiger partial charge < -0.3 is 15.2 Å². The predicted octanol–water partition coefficient (Wildman–Crippen LogP) is 2.04. The molecule has 18 heavy (non-hydrogen) atoms. The molecule has 0 saturated carbocycles. The van der Waals surface area contributed by atoms with Gasteiger partial charge >= 0.3 is 6.01 Å². The first-order chi connectivity index (χ1) is 8.72. The van der Waals surface area contributed by atoms with E-state index in [1.54, 1.807) is 19.5 Å². The van der Waals surface area contributed by atoms with Crippen molar-refractivity contribution in [3.63, 3.8) is 0 Å². The van der Waals surface area contributed by atoms with Gasteiger partial charge in [0.15, 0.2) is 11.5 Å². The Morgan fingerprint density at radius 2 is 1.89 bits per heavy atom. The van der Waals surface area contributed by atoms with Gasteiger partial charge in [-0.15, -0.1) is 0 Å². The van der Waals surface area contributed by atoms with Gasteiger partial charge in [-0.25, -0.2) is 9.97 Å². The monoisotopic (exact) mass is 245 g/mol. The number of aromatic nitrogens is 2. The summed E-state index contributed by atoms with van der Waals surface area (Å²) in [5, 5.41) is 0. The van der Waals surface area contributed by atoms with Crippen LogP contribution in [0.2, 0.25) is 0 Å². The van der Waals surface area contributed by atoms with Crippen LogP contribution in [0.15, 0.2) is 30.6 Å². The van der Waals surface area contributed by atoms with Crippen molar-refractivity contribution in [2.45, 2.75) is 13.5 Å². The molecule has 1 aromatic carbocycles. The molecule has 0 aliphatic carbocycles. The zero-order chi connectivity index (χ0) is 13.0. The van der Waals surface area contributed by atoms with Crippen LogP contribution in [-0.2, 0) is 6.54 Å². The van der Waals surface area contributed by atoms with E-state index >= 15 is 0 Å². The smallest absolute Gasteiger partial charge is 0.322 e. The third kappa shape index (κ3) is 2.75. The molecule has 2 rings (SSSR count). The van der Waals surface area contributed by atoms with Crippen LogP contribution >= 0.6 is 0 Å². The number of hydrogen-bond acceptors (Lipinski definition) is 5. The summed E-state index contributed by atoms with van der Waals surface area (Å²) in [4.78, 5) is 8.15. The van der Waals surface area contributed by atoms with E-state index in [0.717, 1.165) is 11.1 Å². The van der Waals surface area contributed by atoms with Crippen LogP contribution in [0.4, 0.5) is 0 Å². The summed E-state index contributed by atoms with van der Waals surface area (Å²) in [7, 11) is 1.60. The highest BCUT2D eigenvalue weighted by atomic mass is 16.5. The van der Waals surface area contributed by atoms with Gasteiger partial charge in [0.1, 0.15) is 0 Å². The van der Waals surface area contributed by atoms with Crippen molar-refractivity contribution in [1.82, 2.24) is 9.97 Å². The Labute approximate surface area is 106 Å². The van der Waals surface area contributed by atoms with E-state index in [4.69, 9.17) is 15.2 Å². The van der Waals surface area contributed by atoms with E-state index < -0.39 is 0 Å². The molecule has 0 fully saturated rings. The number of nitrogens with zero attached hydrogens (tertiary/aromatic N) is 2. The zero-order valence-electron chi connectivity index (χ0n) is 10.4. The quantitative estimate of drug-likeness (QED) is 0.892. The van der Waals surface area contributed by atoms with E-state index in [9.17, 15) is 0 Å². The van der Waals surface area contributed by atoms with Crippen LogP contribution in [-0.4, -0.2) is 17.1 Å². The van der Waals surface area contributed by atoms with Gasteiger partial charge in [0.05, 0.1) is 7.11 Å². The second-order valence-electron chi connectivity index (χ2n) is 3.83. The lowest BCUT2D eigenvalue weighted by Gasteiger charge is -2.09. The van der Waals surface area contributed by atoms with E-state index in [-0.39, 0.29) is 6.01 Å². The summed E-state index contributed by atoms with van der Waals surface area (Å²) >= 11 is 0. The van der Waals surface area contributed by atoms with Gasteiger partial charge in [-0.2, -0.15) is 0 Å². The summed E-state index contributed by atoms with van der Waals surface area (Å²) < 4.78 is 10.8. The first-order valence-corrected chi connectivity index (χ1v) is 5.56. The number of rotatable bonds is 4. The van der Waals surface area contributed by atoms with Crippen LogP contribution in [0.3, 0.4) is 0 Å². The molecule has 0 spiro atoms. The van der Waals surface area contributed by atoms with Gasteiger partial charge in [0.25, 0.3) is 0 Å². The number of benzene rings is 1. The molecule has 0 aliphatic rings. The normalized spacial score (nSPS) is 10.2. The van der Waals surface area contributed by atoms with Crippen molar-refractivity contribution >= 4 is 0 Å². The Morgan fingerprint density at radius 3 is 2.50 bits per heavy atom. The van der Waals surface area contributed by atoms with Crippen molar-refractivity contribution < 1.29 is 9.47 Å². The first-order valence-electron chi connectivity index (χ1n) is 5.56. The van der Waals surface area contributed by atoms with Crippen LogP contribution in [0.25, 0.3) is 0 Å². The van der Waals surface area contributed by atoms with Crippen LogP contribution < -0.4 is 15.2 Å². The number of ether oxygens (including phenoxy) is 2. The molecule has 1 heterocycles. The van der Waals surface area contributed by atoms with Crippen LogP contribution in [0.5, 0.6) is 17.5 Å². The highest BCUT2D eigenvalue weighted by Gasteiger charge is 2.07. The molecular weight excluding hydrogens is 230 g/mol. The molecule has 0 saturated heterocycles. The Balaban J connectivity index is 2.22. The molecule has 0 atom stereocenters. The predicted molar refractivity (Wildman–Crippen MR) is 67.7 cm³/mol. The minimum Gasteiger partial charge on any atom is -0.493 e. The third-order valence-electron chi connectivity index (χ3n) is 2.44. The maximum absolute atomic E-state index is 5.57. The van der Waals surface area contributed by atoms with Crippen molar-refractivity contribution in [3.8, 4) is 17.5 Å². The van der Waals surface area contributed by atoms with Gasteiger partial charge in [-0.3, -0.25) is 0 Å². The topological polar surface area (TPSA) is 70.3 Å². The standard InChI is InChI=1S/C13H15N3O2/c1-9-3-4-11(12(5-9)17-2)18-13-15-7-10(6-14)8-16-13/h3-5,7-8H,6,14H2,1-2H3. The molecule has 2 aromatic rings. The van der Waals surface area contributed by atoms with Crippen LogP contribution in [0.1, 0.15) is 11.1 Å². The molecule has 1 aromatic heterocycles. The Kier molecular flexibility index (Phi) is 3.74. The number of aryl methyl sites for hydroxylation is 1. The van der Waals surface area contributed by atoms with Gasteiger partial charge in [0, 0.05) is 24.5 Å². The van der Waals surface area contributed by atoms with Crippen molar-refractivity contribution in [1.29, 1.82) is 0 Å². The van der Waals surface area contributed by atoms with Gasteiger partial charge in [-0.1, -0.05) is 6.07 Å². The van der Waals surface area contributed by atoms with E-state index in [1.165, 1.54) is 0 Å². The van der Waals surface area contributed by atoms with Crippen molar-refractivity contribution in [2.75, 3.05) is 7.11 Å². The highest BCUT2D eigenvalue weighted by Crippen LogP contribution is 2.30. The number of methoxy groups -OCH3 is 1. The molecular formula is C13H15N3O2. The minimum absolute atomic E-state index is 0.273. The summed E-state index contributed by atoms with van der Waals surface area (Å²) in [5.74, 6) is 1.24. The fraction of sp³-hybridized carbons (Fsp3) is 0.231. The average molecular weight is 245 g/mol. The lowest BCUT2D eigenvalue weighted by Crippen LogP contribution is -2.00. The number of hydrogen-bond donors (Lipinski definition) is 1. The summed E-state index contributed by atoms with van der Waals surface area (Å²) in [6.45, 7) is 2.40.